The fourth-order valence-electron chi connectivity index (χ4n) is 2.20. The summed E-state index contributed by atoms with van der Waals surface area (Å²) in [5, 5.41) is 2.97. The molecule has 1 saturated heterocycles. The molecule has 0 atom stereocenters. The maximum Gasteiger partial charge on any atom is 0.219 e. The summed E-state index contributed by atoms with van der Waals surface area (Å²) >= 11 is 0. The maximum absolute atomic E-state index is 11.2. The van der Waals surface area contributed by atoms with E-state index in [2.05, 4.69) is 20.2 Å². The summed E-state index contributed by atoms with van der Waals surface area (Å²) in [5.74, 6) is 1.69. The Balaban J connectivity index is 1.76. The minimum Gasteiger partial charge on any atom is -0.356 e. The smallest absolute Gasteiger partial charge is 0.219 e. The molecule has 0 aromatic carbocycles. The lowest BCUT2D eigenvalue weighted by Crippen LogP contribution is -2.38. The van der Waals surface area contributed by atoms with Gasteiger partial charge >= 0.3 is 0 Å². The van der Waals surface area contributed by atoms with Crippen molar-refractivity contribution < 1.29 is 4.79 Å². The number of carbonyl (C=O) groups is 1. The van der Waals surface area contributed by atoms with Gasteiger partial charge < -0.3 is 10.2 Å². The Bertz CT molecular complexity index is 374. The molecule has 0 saturated carbocycles. The Hall–Kier alpha value is -1.65. The van der Waals surface area contributed by atoms with E-state index in [9.17, 15) is 4.79 Å². The molecule has 5 heteroatoms. The average Bonchev–Trinajstić information content (AvgIpc) is 2.46. The highest BCUT2D eigenvalue weighted by molar-refractivity contribution is 5.75. The van der Waals surface area contributed by atoms with Crippen molar-refractivity contribution in [1.29, 1.82) is 0 Å². The second-order valence-electron chi connectivity index (χ2n) is 4.65. The van der Waals surface area contributed by atoms with Crippen LogP contribution in [0.3, 0.4) is 0 Å². The summed E-state index contributed by atoms with van der Waals surface area (Å²) in [6.07, 6.45) is 7.98. The Morgan fingerprint density at radius 2 is 2.22 bits per heavy atom. The molecule has 98 valence electrons. The molecule has 2 rings (SSSR count). The first-order valence-electron chi connectivity index (χ1n) is 6.57. The van der Waals surface area contributed by atoms with Crippen LogP contribution < -0.4 is 10.2 Å². The van der Waals surface area contributed by atoms with E-state index < -0.39 is 0 Å². The third-order valence-electron chi connectivity index (χ3n) is 3.40. The zero-order valence-electron chi connectivity index (χ0n) is 10.8. The maximum atomic E-state index is 11.2. The van der Waals surface area contributed by atoms with E-state index in [1.165, 1.54) is 0 Å². The first kappa shape index (κ1) is 12.8. The molecule has 1 amide bonds. The lowest BCUT2D eigenvalue weighted by Gasteiger charge is -2.32. The van der Waals surface area contributed by atoms with E-state index in [4.69, 9.17) is 0 Å². The van der Waals surface area contributed by atoms with Crippen LogP contribution in [0.25, 0.3) is 0 Å². The number of rotatable bonds is 4. The number of nitrogens with one attached hydrogen (secondary N) is 1. The number of anilines is 1. The van der Waals surface area contributed by atoms with Crippen LogP contribution >= 0.6 is 0 Å². The molecule has 1 N–H and O–H groups in total. The zero-order chi connectivity index (χ0) is 12.8. The van der Waals surface area contributed by atoms with Crippen molar-refractivity contribution in [3.05, 3.63) is 18.6 Å². The van der Waals surface area contributed by atoms with Crippen LogP contribution in [-0.2, 0) is 4.79 Å². The summed E-state index contributed by atoms with van der Waals surface area (Å²) in [6, 6.07) is 0. The minimum absolute atomic E-state index is 0.145. The summed E-state index contributed by atoms with van der Waals surface area (Å²) in [4.78, 5) is 21.9. The fourth-order valence-corrected chi connectivity index (χ4v) is 2.20. The van der Waals surface area contributed by atoms with Crippen LogP contribution in [0, 0.1) is 5.92 Å². The highest BCUT2D eigenvalue weighted by Gasteiger charge is 2.20. The molecule has 1 aliphatic heterocycles. The molecule has 0 spiro atoms. The topological polar surface area (TPSA) is 58.1 Å². The Labute approximate surface area is 108 Å². The molecule has 5 nitrogen and oxygen atoms in total. The third kappa shape index (κ3) is 3.42. The van der Waals surface area contributed by atoms with Gasteiger partial charge in [-0.05, 0) is 18.8 Å². The molecule has 0 aliphatic carbocycles. The van der Waals surface area contributed by atoms with Crippen LogP contribution in [0.2, 0.25) is 0 Å². The van der Waals surface area contributed by atoms with E-state index in [0.29, 0.717) is 12.3 Å². The van der Waals surface area contributed by atoms with E-state index >= 15 is 0 Å². The molecule has 0 radical (unpaired) electrons. The molecule has 1 fully saturated rings. The van der Waals surface area contributed by atoms with Gasteiger partial charge in [0.15, 0.2) is 0 Å². The average molecular weight is 248 g/mol. The first-order chi connectivity index (χ1) is 8.79. The lowest BCUT2D eigenvalue weighted by molar-refractivity contribution is -0.120. The van der Waals surface area contributed by atoms with Gasteiger partial charge in [-0.1, -0.05) is 6.92 Å². The van der Waals surface area contributed by atoms with Crippen LogP contribution in [0.15, 0.2) is 18.6 Å². The summed E-state index contributed by atoms with van der Waals surface area (Å²) < 4.78 is 0. The van der Waals surface area contributed by atoms with Gasteiger partial charge in [0.25, 0.3) is 0 Å². The van der Waals surface area contributed by atoms with Crippen LogP contribution in [0.5, 0.6) is 0 Å². The zero-order valence-corrected chi connectivity index (χ0v) is 10.8. The van der Waals surface area contributed by atoms with Crippen molar-refractivity contribution in [3.63, 3.8) is 0 Å². The minimum atomic E-state index is 0.145. The van der Waals surface area contributed by atoms with Crippen LogP contribution in [-0.4, -0.2) is 35.5 Å². The van der Waals surface area contributed by atoms with Crippen molar-refractivity contribution in [2.24, 2.45) is 5.92 Å². The Morgan fingerprint density at radius 1 is 1.44 bits per heavy atom. The second-order valence-corrected chi connectivity index (χ2v) is 4.65. The number of hydrogen-bond donors (Lipinski definition) is 1. The molecular formula is C13H20N4O. The van der Waals surface area contributed by atoms with E-state index in [1.807, 2.05) is 6.92 Å². The summed E-state index contributed by atoms with van der Waals surface area (Å²) in [5.41, 5.74) is 0. The van der Waals surface area contributed by atoms with Gasteiger partial charge in [-0.25, -0.2) is 4.98 Å². The number of carbonyl (C=O) groups excluding carboxylic acids is 1. The molecule has 1 aromatic rings. The molecule has 18 heavy (non-hydrogen) atoms. The number of hydrogen-bond acceptors (Lipinski definition) is 4. The molecule has 1 aliphatic rings. The monoisotopic (exact) mass is 248 g/mol. The SMILES string of the molecule is CCC(=O)NCC1CCN(c2cnccn2)CC1. The Kier molecular flexibility index (Phi) is 4.50. The van der Waals surface area contributed by atoms with Gasteiger partial charge in [-0.3, -0.25) is 9.78 Å². The normalized spacial score (nSPS) is 16.6. The van der Waals surface area contributed by atoms with Gasteiger partial charge in [-0.2, -0.15) is 0 Å². The van der Waals surface area contributed by atoms with Crippen molar-refractivity contribution in [3.8, 4) is 0 Å². The summed E-state index contributed by atoms with van der Waals surface area (Å²) in [7, 11) is 0. The van der Waals surface area contributed by atoms with Gasteiger partial charge in [0.1, 0.15) is 5.82 Å². The molecule has 0 bridgehead atoms. The van der Waals surface area contributed by atoms with Crippen molar-refractivity contribution >= 4 is 11.7 Å². The van der Waals surface area contributed by atoms with Gasteiger partial charge in [0.05, 0.1) is 6.20 Å². The summed E-state index contributed by atoms with van der Waals surface area (Å²) in [6.45, 7) is 4.67. The van der Waals surface area contributed by atoms with E-state index in [-0.39, 0.29) is 5.91 Å². The number of piperidine rings is 1. The highest BCUT2D eigenvalue weighted by Crippen LogP contribution is 2.20. The quantitative estimate of drug-likeness (QED) is 0.870. The second kappa shape index (κ2) is 6.33. The molecule has 1 aromatic heterocycles. The van der Waals surface area contributed by atoms with Crippen molar-refractivity contribution in [2.45, 2.75) is 26.2 Å². The predicted molar refractivity (Wildman–Crippen MR) is 70.3 cm³/mol. The van der Waals surface area contributed by atoms with Gasteiger partial charge in [-0.15, -0.1) is 0 Å². The number of nitrogens with zero attached hydrogens (tertiary/aromatic N) is 3. The highest BCUT2D eigenvalue weighted by atomic mass is 16.1. The lowest BCUT2D eigenvalue weighted by atomic mass is 9.97. The van der Waals surface area contributed by atoms with Crippen molar-refractivity contribution in [1.82, 2.24) is 15.3 Å². The fraction of sp³-hybridized carbons (Fsp3) is 0.615. The first-order valence-corrected chi connectivity index (χ1v) is 6.57. The van der Waals surface area contributed by atoms with E-state index in [0.717, 1.165) is 38.3 Å². The third-order valence-corrected chi connectivity index (χ3v) is 3.40. The number of amides is 1. The number of aromatic nitrogens is 2. The predicted octanol–water partition coefficient (Wildman–Crippen LogP) is 1.22. The Morgan fingerprint density at radius 3 is 2.83 bits per heavy atom. The molecule has 2 heterocycles. The van der Waals surface area contributed by atoms with Crippen LogP contribution in [0.4, 0.5) is 5.82 Å². The van der Waals surface area contributed by atoms with Gasteiger partial charge in [0, 0.05) is 38.4 Å². The molecule has 0 unspecified atom stereocenters. The molecular weight excluding hydrogens is 228 g/mol. The van der Waals surface area contributed by atoms with Crippen molar-refractivity contribution in [2.75, 3.05) is 24.5 Å². The van der Waals surface area contributed by atoms with E-state index in [1.54, 1.807) is 18.6 Å². The van der Waals surface area contributed by atoms with Gasteiger partial charge in [0.2, 0.25) is 5.91 Å². The standard InChI is InChI=1S/C13H20N4O/c1-2-13(18)16-9-11-3-7-17(8-4-11)12-10-14-5-6-15-12/h5-6,10-11H,2-4,7-9H2,1H3,(H,16,18). The van der Waals surface area contributed by atoms with Crippen LogP contribution in [0.1, 0.15) is 26.2 Å². The largest absolute Gasteiger partial charge is 0.356 e.